The number of sulfonamides is 1. The first-order valence-electron chi connectivity index (χ1n) is 6.50. The Labute approximate surface area is 137 Å². The van der Waals surface area contributed by atoms with Crippen molar-refractivity contribution < 1.29 is 17.9 Å². The molecule has 9 heteroatoms. The second-order valence-electron chi connectivity index (χ2n) is 4.41. The van der Waals surface area contributed by atoms with Crippen LogP contribution in [0.25, 0.3) is 0 Å². The van der Waals surface area contributed by atoms with Crippen LogP contribution < -0.4 is 15.8 Å². The first-order valence-corrected chi connectivity index (χ1v) is 7.98. The summed E-state index contributed by atoms with van der Waals surface area (Å²) in [7, 11) is -2.17. The van der Waals surface area contributed by atoms with Gasteiger partial charge in [-0.05, 0) is 24.6 Å². The van der Waals surface area contributed by atoms with Gasteiger partial charge in [0.2, 0.25) is 10.0 Å². The van der Waals surface area contributed by atoms with Crippen molar-refractivity contribution in [1.82, 2.24) is 10.0 Å². The summed E-state index contributed by atoms with van der Waals surface area (Å²) in [5, 5.41) is 2.62. The number of halogens is 1. The molecule has 0 bridgehead atoms. The Morgan fingerprint density at radius 1 is 1.32 bits per heavy atom. The van der Waals surface area contributed by atoms with Crippen molar-refractivity contribution in [2.45, 2.75) is 11.8 Å². The van der Waals surface area contributed by atoms with E-state index in [0.717, 1.165) is 0 Å². The predicted molar refractivity (Wildman–Crippen MR) is 86.9 cm³/mol. The zero-order chi connectivity index (χ0) is 15.9. The molecule has 1 rings (SSSR count). The van der Waals surface area contributed by atoms with E-state index in [0.29, 0.717) is 24.2 Å². The number of nitrogens with two attached hydrogens (primary N) is 1. The quantitative estimate of drug-likeness (QED) is 0.572. The highest BCUT2D eigenvalue weighted by Crippen LogP contribution is 2.15. The smallest absolute Gasteiger partial charge is 0.251 e. The normalized spacial score (nSPS) is 10.9. The zero-order valence-corrected chi connectivity index (χ0v) is 14.2. The number of hydrogen-bond acceptors (Lipinski definition) is 5. The highest BCUT2D eigenvalue weighted by Gasteiger charge is 2.17. The molecule has 0 aliphatic rings. The van der Waals surface area contributed by atoms with Crippen LogP contribution in [0.15, 0.2) is 23.1 Å². The third-order valence-corrected chi connectivity index (χ3v) is 4.25. The fraction of sp³-hybridized carbons (Fsp3) is 0.462. The SMILES string of the molecule is COCCNS(=O)(=O)c1ccc(C)c(C(=O)NCCN)c1.Cl. The lowest BCUT2D eigenvalue weighted by molar-refractivity contribution is 0.0954. The summed E-state index contributed by atoms with van der Waals surface area (Å²) in [6, 6.07) is 4.42. The molecule has 1 amide bonds. The van der Waals surface area contributed by atoms with Crippen molar-refractivity contribution in [3.8, 4) is 0 Å². The molecule has 126 valence electrons. The monoisotopic (exact) mass is 351 g/mol. The van der Waals surface area contributed by atoms with Gasteiger partial charge in [-0.3, -0.25) is 4.79 Å². The average molecular weight is 352 g/mol. The molecule has 0 heterocycles. The molecule has 0 radical (unpaired) electrons. The van der Waals surface area contributed by atoms with Crippen LogP contribution in [0.3, 0.4) is 0 Å². The maximum absolute atomic E-state index is 12.1. The summed E-state index contributed by atoms with van der Waals surface area (Å²) >= 11 is 0. The van der Waals surface area contributed by atoms with Crippen molar-refractivity contribution in [2.24, 2.45) is 5.73 Å². The summed E-state index contributed by atoms with van der Waals surface area (Å²) in [6.45, 7) is 2.84. The Bertz CT molecular complexity index is 593. The van der Waals surface area contributed by atoms with E-state index < -0.39 is 10.0 Å². The van der Waals surface area contributed by atoms with E-state index in [1.807, 2.05) is 0 Å². The van der Waals surface area contributed by atoms with Gasteiger partial charge in [-0.2, -0.15) is 0 Å². The lowest BCUT2D eigenvalue weighted by Gasteiger charge is -2.10. The third kappa shape index (κ3) is 5.90. The van der Waals surface area contributed by atoms with Crippen molar-refractivity contribution in [1.29, 1.82) is 0 Å². The van der Waals surface area contributed by atoms with Gasteiger partial charge in [0.25, 0.3) is 5.91 Å². The van der Waals surface area contributed by atoms with Crippen LogP contribution >= 0.6 is 12.4 Å². The van der Waals surface area contributed by atoms with Gasteiger partial charge in [-0.15, -0.1) is 12.4 Å². The summed E-state index contributed by atoms with van der Waals surface area (Å²) in [4.78, 5) is 12.0. The third-order valence-electron chi connectivity index (χ3n) is 2.79. The van der Waals surface area contributed by atoms with E-state index in [9.17, 15) is 13.2 Å². The first kappa shape index (κ1) is 20.8. The van der Waals surface area contributed by atoms with Gasteiger partial charge in [0.05, 0.1) is 11.5 Å². The number of methoxy groups -OCH3 is 1. The number of nitrogens with one attached hydrogen (secondary N) is 2. The Kier molecular flexibility index (Phi) is 9.22. The van der Waals surface area contributed by atoms with Crippen molar-refractivity contribution in [3.05, 3.63) is 29.3 Å². The zero-order valence-electron chi connectivity index (χ0n) is 12.6. The fourth-order valence-corrected chi connectivity index (χ4v) is 2.69. The molecule has 1 aromatic rings. The molecule has 0 aliphatic heterocycles. The number of carbonyl (C=O) groups excluding carboxylic acids is 1. The van der Waals surface area contributed by atoms with Crippen LogP contribution in [0.1, 0.15) is 15.9 Å². The molecule has 0 saturated carbocycles. The van der Waals surface area contributed by atoms with E-state index >= 15 is 0 Å². The van der Waals surface area contributed by atoms with E-state index in [1.54, 1.807) is 13.0 Å². The number of rotatable bonds is 8. The second kappa shape index (κ2) is 9.75. The Morgan fingerprint density at radius 3 is 2.59 bits per heavy atom. The van der Waals surface area contributed by atoms with Gasteiger partial charge in [0, 0.05) is 32.3 Å². The van der Waals surface area contributed by atoms with E-state index in [-0.39, 0.29) is 36.4 Å². The minimum Gasteiger partial charge on any atom is -0.383 e. The van der Waals surface area contributed by atoms with Gasteiger partial charge in [0.15, 0.2) is 0 Å². The van der Waals surface area contributed by atoms with E-state index in [2.05, 4.69) is 10.0 Å². The van der Waals surface area contributed by atoms with E-state index in [1.165, 1.54) is 19.2 Å². The van der Waals surface area contributed by atoms with Crippen molar-refractivity contribution in [3.63, 3.8) is 0 Å². The first-order chi connectivity index (χ1) is 9.92. The molecule has 22 heavy (non-hydrogen) atoms. The van der Waals surface area contributed by atoms with Gasteiger partial charge in [-0.25, -0.2) is 13.1 Å². The minimum absolute atomic E-state index is 0. The molecule has 7 nitrogen and oxygen atoms in total. The molecule has 0 spiro atoms. The number of hydrogen-bond donors (Lipinski definition) is 3. The summed E-state index contributed by atoms with van der Waals surface area (Å²) in [5.74, 6) is -0.341. The fourth-order valence-electron chi connectivity index (χ4n) is 1.66. The molecule has 0 atom stereocenters. The lowest BCUT2D eigenvalue weighted by Crippen LogP contribution is -2.30. The number of carbonyl (C=O) groups is 1. The van der Waals surface area contributed by atoms with Gasteiger partial charge in [-0.1, -0.05) is 6.07 Å². The van der Waals surface area contributed by atoms with Crippen LogP contribution in [-0.4, -0.2) is 47.7 Å². The maximum atomic E-state index is 12.1. The van der Waals surface area contributed by atoms with Gasteiger partial charge >= 0.3 is 0 Å². The molecule has 4 N–H and O–H groups in total. The van der Waals surface area contributed by atoms with Crippen LogP contribution in [0.4, 0.5) is 0 Å². The second-order valence-corrected chi connectivity index (χ2v) is 6.18. The van der Waals surface area contributed by atoms with Crippen LogP contribution in [0.2, 0.25) is 0 Å². The molecule has 0 aliphatic carbocycles. The van der Waals surface area contributed by atoms with Gasteiger partial charge in [0.1, 0.15) is 0 Å². The minimum atomic E-state index is -3.66. The Hall–Kier alpha value is -1.19. The average Bonchev–Trinajstić information content (AvgIpc) is 2.45. The van der Waals surface area contributed by atoms with Crippen LogP contribution in [0, 0.1) is 6.92 Å². The molecular weight excluding hydrogens is 330 g/mol. The topological polar surface area (TPSA) is 111 Å². The Balaban J connectivity index is 0.00000441. The standard InChI is InChI=1S/C13H21N3O4S.ClH/c1-10-3-4-11(21(18,19)16-7-8-20-2)9-12(10)13(17)15-6-5-14;/h3-4,9,16H,5-8,14H2,1-2H3,(H,15,17);1H. The summed E-state index contributed by atoms with van der Waals surface area (Å²) in [6.07, 6.45) is 0. The van der Waals surface area contributed by atoms with Crippen LogP contribution in [-0.2, 0) is 14.8 Å². The molecule has 0 aromatic heterocycles. The van der Waals surface area contributed by atoms with Crippen molar-refractivity contribution >= 4 is 28.3 Å². The number of aryl methyl sites for hydroxylation is 1. The summed E-state index contributed by atoms with van der Waals surface area (Å²) in [5.41, 5.74) is 6.34. The number of ether oxygens (including phenoxy) is 1. The van der Waals surface area contributed by atoms with Gasteiger partial charge < -0.3 is 15.8 Å². The molecule has 1 aromatic carbocycles. The number of benzene rings is 1. The largest absolute Gasteiger partial charge is 0.383 e. The lowest BCUT2D eigenvalue weighted by atomic mass is 10.1. The van der Waals surface area contributed by atoms with E-state index in [4.69, 9.17) is 10.5 Å². The summed E-state index contributed by atoms with van der Waals surface area (Å²) < 4.78 is 31.4. The highest BCUT2D eigenvalue weighted by atomic mass is 35.5. The predicted octanol–water partition coefficient (Wildman–Crippen LogP) is 0.0300. The molecule has 0 saturated heterocycles. The maximum Gasteiger partial charge on any atom is 0.251 e. The Morgan fingerprint density at radius 2 is 2.00 bits per heavy atom. The van der Waals surface area contributed by atoms with Crippen molar-refractivity contribution in [2.75, 3.05) is 33.4 Å². The highest BCUT2D eigenvalue weighted by molar-refractivity contribution is 7.89. The molecular formula is C13H22ClN3O4S. The van der Waals surface area contributed by atoms with Crippen LogP contribution in [0.5, 0.6) is 0 Å². The molecule has 0 fully saturated rings. The number of amides is 1. The molecule has 0 unspecified atom stereocenters.